The Hall–Kier alpha value is -1.85. The molecule has 0 bridgehead atoms. The predicted octanol–water partition coefficient (Wildman–Crippen LogP) is 3.83. The summed E-state index contributed by atoms with van der Waals surface area (Å²) in [6, 6.07) is 9.90. The molecule has 140 valence electrons. The molecular formula is C21H28N2O3. The van der Waals surface area contributed by atoms with Crippen molar-refractivity contribution in [2.24, 2.45) is 5.92 Å². The third-order valence-corrected chi connectivity index (χ3v) is 5.70. The first-order chi connectivity index (χ1) is 12.8. The summed E-state index contributed by atoms with van der Waals surface area (Å²) in [7, 11) is 1.67. The Kier molecular flexibility index (Phi) is 5.27. The molecule has 2 aliphatic rings. The highest BCUT2D eigenvalue weighted by atomic mass is 16.5. The second-order valence-electron chi connectivity index (χ2n) is 7.75. The van der Waals surface area contributed by atoms with E-state index in [1.54, 1.807) is 7.11 Å². The van der Waals surface area contributed by atoms with Crippen molar-refractivity contribution in [2.75, 3.05) is 26.9 Å². The number of ether oxygens (including phenoxy) is 2. The molecule has 2 fully saturated rings. The van der Waals surface area contributed by atoms with Gasteiger partial charge in [0.1, 0.15) is 5.75 Å². The SMILES string of the molecule is COc1ccc(-c2cc(CC3(NCC4CCCCC4)COC3)no2)cc1. The van der Waals surface area contributed by atoms with Crippen molar-refractivity contribution in [3.8, 4) is 17.1 Å². The molecule has 1 aliphatic heterocycles. The Balaban J connectivity index is 1.38. The van der Waals surface area contributed by atoms with Crippen LogP contribution >= 0.6 is 0 Å². The summed E-state index contributed by atoms with van der Waals surface area (Å²) in [5, 5.41) is 8.09. The molecule has 0 unspecified atom stereocenters. The quantitative estimate of drug-likeness (QED) is 0.817. The maximum atomic E-state index is 5.57. The van der Waals surface area contributed by atoms with Crippen LogP contribution in [0.15, 0.2) is 34.9 Å². The van der Waals surface area contributed by atoms with Gasteiger partial charge in [-0.05, 0) is 49.6 Å². The van der Waals surface area contributed by atoms with Crippen molar-refractivity contribution in [1.82, 2.24) is 10.5 Å². The number of methoxy groups -OCH3 is 1. The van der Waals surface area contributed by atoms with Crippen LogP contribution < -0.4 is 10.1 Å². The lowest BCUT2D eigenvalue weighted by Gasteiger charge is -2.43. The van der Waals surface area contributed by atoms with Crippen molar-refractivity contribution >= 4 is 0 Å². The first-order valence-corrected chi connectivity index (χ1v) is 9.69. The van der Waals surface area contributed by atoms with E-state index in [1.165, 1.54) is 32.1 Å². The molecule has 0 amide bonds. The lowest BCUT2D eigenvalue weighted by Crippen LogP contribution is -2.62. The standard InChI is InChI=1S/C21H28N2O3/c1-24-19-9-7-17(8-10-19)20-11-18(23-26-20)12-21(14-25-15-21)22-13-16-5-3-2-4-6-16/h7-11,16,22H,2-6,12-15H2,1H3. The van der Waals surface area contributed by atoms with Gasteiger partial charge in [0.25, 0.3) is 0 Å². The van der Waals surface area contributed by atoms with Gasteiger partial charge in [-0.1, -0.05) is 24.4 Å². The molecule has 1 saturated carbocycles. The molecule has 5 heteroatoms. The summed E-state index contributed by atoms with van der Waals surface area (Å²) in [5.41, 5.74) is 2.01. The third-order valence-electron chi connectivity index (χ3n) is 5.70. The summed E-state index contributed by atoms with van der Waals surface area (Å²) in [4.78, 5) is 0. The summed E-state index contributed by atoms with van der Waals surface area (Å²) in [6.45, 7) is 2.60. The number of aromatic nitrogens is 1. The Morgan fingerprint density at radius 2 is 1.92 bits per heavy atom. The highest BCUT2D eigenvalue weighted by Crippen LogP contribution is 2.28. The van der Waals surface area contributed by atoms with E-state index in [-0.39, 0.29) is 5.54 Å². The number of nitrogens with one attached hydrogen (secondary N) is 1. The fourth-order valence-electron chi connectivity index (χ4n) is 4.00. The lowest BCUT2D eigenvalue weighted by atomic mass is 9.86. The van der Waals surface area contributed by atoms with E-state index in [4.69, 9.17) is 14.0 Å². The van der Waals surface area contributed by atoms with Gasteiger partial charge in [-0.2, -0.15) is 0 Å². The average molecular weight is 356 g/mol. The zero-order valence-electron chi connectivity index (χ0n) is 15.5. The highest BCUT2D eigenvalue weighted by Gasteiger charge is 2.39. The van der Waals surface area contributed by atoms with E-state index in [0.717, 1.165) is 54.9 Å². The van der Waals surface area contributed by atoms with E-state index in [1.807, 2.05) is 30.3 Å². The first-order valence-electron chi connectivity index (χ1n) is 9.69. The largest absolute Gasteiger partial charge is 0.497 e. The first kappa shape index (κ1) is 17.6. The van der Waals surface area contributed by atoms with Crippen molar-refractivity contribution < 1.29 is 14.0 Å². The molecule has 26 heavy (non-hydrogen) atoms. The maximum Gasteiger partial charge on any atom is 0.167 e. The molecule has 1 aromatic carbocycles. The Morgan fingerprint density at radius 1 is 1.15 bits per heavy atom. The fraction of sp³-hybridized carbons (Fsp3) is 0.571. The molecule has 0 radical (unpaired) electrons. The summed E-state index contributed by atoms with van der Waals surface area (Å²) in [6.07, 6.45) is 7.72. The van der Waals surface area contributed by atoms with Gasteiger partial charge < -0.3 is 19.3 Å². The summed E-state index contributed by atoms with van der Waals surface area (Å²) >= 11 is 0. The molecule has 1 aromatic heterocycles. The van der Waals surface area contributed by atoms with Crippen molar-refractivity contribution in [3.05, 3.63) is 36.0 Å². The average Bonchev–Trinajstić information content (AvgIpc) is 3.13. The topological polar surface area (TPSA) is 56.5 Å². The van der Waals surface area contributed by atoms with E-state index in [2.05, 4.69) is 10.5 Å². The van der Waals surface area contributed by atoms with Crippen molar-refractivity contribution in [2.45, 2.75) is 44.1 Å². The molecule has 1 aliphatic carbocycles. The number of hydrogen-bond donors (Lipinski definition) is 1. The van der Waals surface area contributed by atoms with Crippen LogP contribution in [-0.2, 0) is 11.2 Å². The van der Waals surface area contributed by atoms with Crippen molar-refractivity contribution in [1.29, 1.82) is 0 Å². The molecular weight excluding hydrogens is 328 g/mol. The number of rotatable bonds is 7. The maximum absolute atomic E-state index is 5.57. The van der Waals surface area contributed by atoms with Gasteiger partial charge in [-0.25, -0.2) is 0 Å². The van der Waals surface area contributed by atoms with Crippen LogP contribution in [-0.4, -0.2) is 37.6 Å². The molecule has 2 aromatic rings. The number of hydrogen-bond acceptors (Lipinski definition) is 5. The monoisotopic (exact) mass is 356 g/mol. The van der Waals surface area contributed by atoms with Crippen LogP contribution in [0.4, 0.5) is 0 Å². The van der Waals surface area contributed by atoms with Crippen LogP contribution in [0.25, 0.3) is 11.3 Å². The molecule has 0 spiro atoms. The Morgan fingerprint density at radius 3 is 2.58 bits per heavy atom. The van der Waals surface area contributed by atoms with Gasteiger partial charge >= 0.3 is 0 Å². The molecule has 0 atom stereocenters. The second kappa shape index (κ2) is 7.80. The Bertz CT molecular complexity index is 700. The molecule has 1 saturated heterocycles. The third kappa shape index (κ3) is 3.94. The van der Waals surface area contributed by atoms with E-state index < -0.39 is 0 Å². The van der Waals surface area contributed by atoms with Gasteiger partial charge in [0.2, 0.25) is 0 Å². The van der Waals surface area contributed by atoms with Crippen LogP contribution in [0.2, 0.25) is 0 Å². The lowest BCUT2D eigenvalue weighted by molar-refractivity contribution is -0.0764. The smallest absolute Gasteiger partial charge is 0.167 e. The molecule has 5 nitrogen and oxygen atoms in total. The number of benzene rings is 1. The second-order valence-corrected chi connectivity index (χ2v) is 7.75. The van der Waals surface area contributed by atoms with Gasteiger partial charge in [0.15, 0.2) is 5.76 Å². The minimum Gasteiger partial charge on any atom is -0.497 e. The molecule has 4 rings (SSSR count). The summed E-state index contributed by atoms with van der Waals surface area (Å²) < 4.78 is 16.3. The fourth-order valence-corrected chi connectivity index (χ4v) is 4.00. The summed E-state index contributed by atoms with van der Waals surface area (Å²) in [5.74, 6) is 2.45. The van der Waals surface area contributed by atoms with Gasteiger partial charge in [-0.3, -0.25) is 0 Å². The predicted molar refractivity (Wildman–Crippen MR) is 100 cm³/mol. The van der Waals surface area contributed by atoms with E-state index in [0.29, 0.717) is 0 Å². The zero-order chi connectivity index (χ0) is 17.8. The van der Waals surface area contributed by atoms with Crippen molar-refractivity contribution in [3.63, 3.8) is 0 Å². The minimum atomic E-state index is 0.0193. The highest BCUT2D eigenvalue weighted by molar-refractivity contribution is 5.58. The molecule has 1 N–H and O–H groups in total. The van der Waals surface area contributed by atoms with Crippen LogP contribution in [0.5, 0.6) is 5.75 Å². The van der Waals surface area contributed by atoms with Crippen LogP contribution in [0.1, 0.15) is 37.8 Å². The number of nitrogens with zero attached hydrogens (tertiary/aromatic N) is 1. The van der Waals surface area contributed by atoms with Gasteiger partial charge in [-0.15, -0.1) is 0 Å². The normalized spacial score (nSPS) is 19.9. The van der Waals surface area contributed by atoms with Crippen LogP contribution in [0.3, 0.4) is 0 Å². The zero-order valence-corrected chi connectivity index (χ0v) is 15.5. The van der Waals surface area contributed by atoms with E-state index >= 15 is 0 Å². The van der Waals surface area contributed by atoms with E-state index in [9.17, 15) is 0 Å². The van der Waals surface area contributed by atoms with Crippen LogP contribution in [0, 0.1) is 5.92 Å². The van der Waals surface area contributed by atoms with Gasteiger partial charge in [0, 0.05) is 18.1 Å². The minimum absolute atomic E-state index is 0.0193. The molecule has 2 heterocycles. The van der Waals surface area contributed by atoms with Gasteiger partial charge in [0.05, 0.1) is 31.6 Å². The Labute approximate surface area is 155 Å².